The lowest BCUT2D eigenvalue weighted by Gasteiger charge is -2.20. The van der Waals surface area contributed by atoms with E-state index in [1.54, 1.807) is 11.8 Å². The number of fused-ring (bicyclic) bond motifs is 9. The summed E-state index contributed by atoms with van der Waals surface area (Å²) in [6, 6.07) is 36.8. The topological polar surface area (TPSA) is 30.7 Å². The highest BCUT2D eigenvalue weighted by Crippen LogP contribution is 2.47. The molecule has 3 nitrogen and oxygen atoms in total. The number of benzene rings is 5. The van der Waals surface area contributed by atoms with Crippen molar-refractivity contribution in [2.75, 3.05) is 0 Å². The molecule has 5 aromatic carbocycles. The molecule has 1 aliphatic heterocycles. The summed E-state index contributed by atoms with van der Waals surface area (Å²) in [5.74, 6) is 0.718. The molecule has 0 unspecified atom stereocenters. The van der Waals surface area contributed by atoms with Crippen molar-refractivity contribution in [1.82, 2.24) is 14.5 Å². The molecule has 172 valence electrons. The third kappa shape index (κ3) is 2.62. The highest BCUT2D eigenvalue weighted by atomic mass is 32.2. The van der Waals surface area contributed by atoms with Crippen LogP contribution < -0.4 is 0 Å². The lowest BCUT2D eigenvalue weighted by molar-refractivity contribution is 1.01. The molecule has 3 aromatic heterocycles. The fourth-order valence-corrected chi connectivity index (χ4v) is 8.08. The Bertz CT molecular complexity index is 2240. The molecule has 0 spiro atoms. The zero-order valence-corrected chi connectivity index (χ0v) is 21.1. The van der Waals surface area contributed by atoms with E-state index >= 15 is 0 Å². The van der Waals surface area contributed by atoms with Crippen LogP contribution in [0.2, 0.25) is 0 Å². The molecule has 0 amide bonds. The summed E-state index contributed by atoms with van der Waals surface area (Å²) in [7, 11) is 0. The first-order valence-corrected chi connectivity index (χ1v) is 13.9. The van der Waals surface area contributed by atoms with E-state index in [0.717, 1.165) is 28.1 Å². The fourth-order valence-electron chi connectivity index (χ4n) is 5.86. The van der Waals surface area contributed by atoms with Gasteiger partial charge in [-0.3, -0.25) is 4.57 Å². The maximum Gasteiger partial charge on any atom is 0.235 e. The highest BCUT2D eigenvalue weighted by molar-refractivity contribution is 7.99. The summed E-state index contributed by atoms with van der Waals surface area (Å²) < 4.78 is 4.87. The molecule has 0 bridgehead atoms. The first-order chi connectivity index (χ1) is 18.3. The van der Waals surface area contributed by atoms with Crippen molar-refractivity contribution in [3.8, 4) is 17.2 Å². The van der Waals surface area contributed by atoms with Crippen LogP contribution in [0.15, 0.2) is 113 Å². The Morgan fingerprint density at radius 1 is 0.568 bits per heavy atom. The van der Waals surface area contributed by atoms with E-state index < -0.39 is 0 Å². The number of hydrogen-bond acceptors (Lipinski definition) is 4. The zero-order chi connectivity index (χ0) is 24.1. The number of aromatic nitrogens is 3. The van der Waals surface area contributed by atoms with Gasteiger partial charge in [0, 0.05) is 51.7 Å². The summed E-state index contributed by atoms with van der Waals surface area (Å²) in [6.07, 6.45) is 0. The van der Waals surface area contributed by atoms with Gasteiger partial charge in [0.15, 0.2) is 0 Å². The molecule has 0 saturated heterocycles. The van der Waals surface area contributed by atoms with Gasteiger partial charge >= 0.3 is 0 Å². The molecule has 0 radical (unpaired) electrons. The van der Waals surface area contributed by atoms with Gasteiger partial charge in [-0.1, -0.05) is 78.5 Å². The minimum Gasteiger partial charge on any atom is -0.277 e. The average molecular weight is 508 g/mol. The molecule has 9 rings (SSSR count). The largest absolute Gasteiger partial charge is 0.277 e. The van der Waals surface area contributed by atoms with Crippen molar-refractivity contribution >= 4 is 76.0 Å². The Morgan fingerprint density at radius 3 is 2.35 bits per heavy atom. The molecule has 0 N–H and O–H groups in total. The van der Waals surface area contributed by atoms with E-state index in [9.17, 15) is 0 Å². The molecule has 0 aliphatic carbocycles. The van der Waals surface area contributed by atoms with Gasteiger partial charge in [-0.25, -0.2) is 9.97 Å². The average Bonchev–Trinajstić information content (AvgIpc) is 3.49. The maximum absolute atomic E-state index is 5.33. The van der Waals surface area contributed by atoms with E-state index in [1.165, 1.54) is 51.8 Å². The molecule has 4 heterocycles. The Kier molecular flexibility index (Phi) is 3.87. The van der Waals surface area contributed by atoms with E-state index in [1.807, 2.05) is 11.3 Å². The molecule has 5 heteroatoms. The summed E-state index contributed by atoms with van der Waals surface area (Å²) in [4.78, 5) is 13.0. The van der Waals surface area contributed by atoms with Gasteiger partial charge in [0.1, 0.15) is 0 Å². The minimum absolute atomic E-state index is 0.718. The molecular weight excluding hydrogens is 491 g/mol. The minimum atomic E-state index is 0.718. The first kappa shape index (κ1) is 19.9. The molecule has 37 heavy (non-hydrogen) atoms. The predicted octanol–water partition coefficient (Wildman–Crippen LogP) is 9.23. The lowest BCUT2D eigenvalue weighted by atomic mass is 10.1. The first-order valence-electron chi connectivity index (χ1n) is 12.3. The predicted molar refractivity (Wildman–Crippen MR) is 156 cm³/mol. The summed E-state index contributed by atoms with van der Waals surface area (Å²) in [5, 5.41) is 6.15. The number of thiophene rings is 1. The van der Waals surface area contributed by atoms with Crippen LogP contribution in [0.25, 0.3) is 70.1 Å². The van der Waals surface area contributed by atoms with E-state index in [0.29, 0.717) is 0 Å². The molecule has 1 aliphatic rings. The number of rotatable bonds is 1. The van der Waals surface area contributed by atoms with Crippen LogP contribution in [-0.4, -0.2) is 14.5 Å². The van der Waals surface area contributed by atoms with Gasteiger partial charge in [-0.05, 0) is 36.4 Å². The third-order valence-electron chi connectivity index (χ3n) is 7.41. The highest BCUT2D eigenvalue weighted by Gasteiger charge is 2.24. The van der Waals surface area contributed by atoms with Crippen LogP contribution in [0.5, 0.6) is 0 Å². The van der Waals surface area contributed by atoms with Gasteiger partial charge < -0.3 is 0 Å². The zero-order valence-electron chi connectivity index (χ0n) is 19.5. The normalized spacial score (nSPS) is 12.8. The Morgan fingerprint density at radius 2 is 1.38 bits per heavy atom. The van der Waals surface area contributed by atoms with Crippen LogP contribution in [-0.2, 0) is 0 Å². The second kappa shape index (κ2) is 7.19. The number of para-hydroxylation sites is 1. The smallest absolute Gasteiger partial charge is 0.235 e. The Hall–Kier alpha value is -4.19. The van der Waals surface area contributed by atoms with Gasteiger partial charge in [0.2, 0.25) is 5.95 Å². The van der Waals surface area contributed by atoms with E-state index in [-0.39, 0.29) is 0 Å². The molecule has 8 aromatic rings. The van der Waals surface area contributed by atoms with Gasteiger partial charge in [0.05, 0.1) is 22.2 Å². The van der Waals surface area contributed by atoms with Crippen molar-refractivity contribution in [2.24, 2.45) is 0 Å². The van der Waals surface area contributed by atoms with Crippen LogP contribution >= 0.6 is 23.1 Å². The summed E-state index contributed by atoms with van der Waals surface area (Å²) >= 11 is 3.65. The molecule has 0 atom stereocenters. The molecule has 0 saturated carbocycles. The lowest BCUT2D eigenvalue weighted by Crippen LogP contribution is -2.05. The van der Waals surface area contributed by atoms with Crippen LogP contribution in [0.3, 0.4) is 0 Å². The quantitative estimate of drug-likeness (QED) is 0.222. The van der Waals surface area contributed by atoms with Crippen molar-refractivity contribution in [3.05, 3.63) is 103 Å². The van der Waals surface area contributed by atoms with Crippen molar-refractivity contribution in [1.29, 1.82) is 0 Å². The van der Waals surface area contributed by atoms with Crippen molar-refractivity contribution in [2.45, 2.75) is 9.79 Å². The van der Waals surface area contributed by atoms with Crippen LogP contribution in [0.4, 0.5) is 0 Å². The Balaban J connectivity index is 1.50. The van der Waals surface area contributed by atoms with Crippen molar-refractivity contribution in [3.63, 3.8) is 0 Å². The maximum atomic E-state index is 5.33. The van der Waals surface area contributed by atoms with Crippen LogP contribution in [0, 0.1) is 0 Å². The second-order valence-corrected chi connectivity index (χ2v) is 11.6. The number of nitrogens with zero attached hydrogens (tertiary/aromatic N) is 3. The van der Waals surface area contributed by atoms with Gasteiger partial charge in [-0.2, -0.15) is 0 Å². The Labute approximate surface area is 220 Å². The van der Waals surface area contributed by atoms with Crippen LogP contribution in [0.1, 0.15) is 0 Å². The van der Waals surface area contributed by atoms with E-state index in [2.05, 4.69) is 108 Å². The van der Waals surface area contributed by atoms with Gasteiger partial charge in [0.25, 0.3) is 0 Å². The molecule has 0 fully saturated rings. The second-order valence-electron chi connectivity index (χ2n) is 9.41. The van der Waals surface area contributed by atoms with Crippen molar-refractivity contribution < 1.29 is 0 Å². The van der Waals surface area contributed by atoms with E-state index in [4.69, 9.17) is 9.97 Å². The summed E-state index contributed by atoms with van der Waals surface area (Å²) in [5.41, 5.74) is 5.47. The van der Waals surface area contributed by atoms with Gasteiger partial charge in [-0.15, -0.1) is 11.3 Å². The fraction of sp³-hybridized carbons (Fsp3) is 0. The molecular formula is C32H17N3S2. The third-order valence-corrected chi connectivity index (χ3v) is 9.68. The summed E-state index contributed by atoms with van der Waals surface area (Å²) in [6.45, 7) is 0. The SMILES string of the molecule is c1ccc2c(c1)Sc1cccc3nc(-n4c5ccccc5c5ccc6sc7ccccc7c6c54)nc-2c13. The standard InChI is InChI=1S/C32H17N3S2/c1-4-12-23-18(8-1)19-16-17-27-28(20-9-2-5-13-24(20)36-27)31(19)35(23)32-33-22-11-7-15-26-29(22)30(34-32)21-10-3-6-14-25(21)37-26/h1-17H. The number of hydrogen-bond donors (Lipinski definition) is 0. The monoisotopic (exact) mass is 507 g/mol.